The lowest BCUT2D eigenvalue weighted by Gasteiger charge is -2.10. The Morgan fingerprint density at radius 1 is 0.906 bits per heavy atom. The molecule has 0 saturated heterocycles. The standard InChI is InChI=1S/C18H15ClN2O2S.C4H4O4/c1-12-3-4-14(10-20-12)18-17(9-15(19)11-21-18)13-5-7-16(8-6-13)24(2,22)23;5-3(6)1-2-4(7)8/h3-11H,1-2H3;1-2H,(H,5,6)(H,7,8). The van der Waals surface area contributed by atoms with Crippen molar-refractivity contribution in [3.63, 3.8) is 0 Å². The molecule has 166 valence electrons. The number of aryl methyl sites for hydroxylation is 1. The number of hydrogen-bond acceptors (Lipinski definition) is 6. The van der Waals surface area contributed by atoms with Gasteiger partial charge >= 0.3 is 11.9 Å². The third-order valence-electron chi connectivity index (χ3n) is 4.00. The molecular formula is C22H19ClN2O6S. The van der Waals surface area contributed by atoms with Crippen molar-refractivity contribution < 1.29 is 28.2 Å². The van der Waals surface area contributed by atoms with E-state index in [1.807, 2.05) is 25.1 Å². The van der Waals surface area contributed by atoms with Crippen LogP contribution in [0, 0.1) is 6.92 Å². The van der Waals surface area contributed by atoms with Crippen LogP contribution >= 0.6 is 11.6 Å². The third kappa shape index (κ3) is 7.29. The van der Waals surface area contributed by atoms with E-state index in [2.05, 4.69) is 9.97 Å². The van der Waals surface area contributed by atoms with E-state index in [4.69, 9.17) is 21.8 Å². The highest BCUT2D eigenvalue weighted by molar-refractivity contribution is 7.90. The monoisotopic (exact) mass is 474 g/mol. The minimum absolute atomic E-state index is 0.278. The number of rotatable bonds is 5. The normalized spacial score (nSPS) is 11.0. The number of carbonyl (C=O) groups is 2. The number of aliphatic carboxylic acids is 2. The number of nitrogens with zero attached hydrogens (tertiary/aromatic N) is 2. The summed E-state index contributed by atoms with van der Waals surface area (Å²) in [5.41, 5.74) is 4.21. The SMILES string of the molecule is Cc1ccc(-c2ncc(Cl)cc2-c2ccc(S(C)(=O)=O)cc2)cn1.O=C(O)C=CC(=O)O. The van der Waals surface area contributed by atoms with Gasteiger partial charge in [-0.3, -0.25) is 9.97 Å². The summed E-state index contributed by atoms with van der Waals surface area (Å²) in [4.78, 5) is 28.1. The highest BCUT2D eigenvalue weighted by atomic mass is 35.5. The smallest absolute Gasteiger partial charge is 0.328 e. The molecule has 0 amide bonds. The molecule has 8 nitrogen and oxygen atoms in total. The molecule has 0 fully saturated rings. The number of pyridine rings is 2. The molecule has 1 aromatic carbocycles. The minimum Gasteiger partial charge on any atom is -0.478 e. The van der Waals surface area contributed by atoms with Crippen molar-refractivity contribution in [2.75, 3.05) is 6.26 Å². The highest BCUT2D eigenvalue weighted by Crippen LogP contribution is 2.32. The summed E-state index contributed by atoms with van der Waals surface area (Å²) in [6.07, 6.45) is 5.65. The predicted octanol–water partition coefficient (Wildman–Crippen LogP) is 3.89. The largest absolute Gasteiger partial charge is 0.478 e. The van der Waals surface area contributed by atoms with E-state index in [9.17, 15) is 18.0 Å². The molecule has 2 aromatic heterocycles. The summed E-state index contributed by atoms with van der Waals surface area (Å²) in [6, 6.07) is 12.4. The molecule has 0 atom stereocenters. The van der Waals surface area contributed by atoms with Crippen LogP contribution in [0.1, 0.15) is 5.69 Å². The van der Waals surface area contributed by atoms with Crippen LogP contribution in [-0.2, 0) is 19.4 Å². The number of carboxylic acids is 2. The molecule has 0 aliphatic rings. The van der Waals surface area contributed by atoms with Gasteiger partial charge in [-0.15, -0.1) is 0 Å². The van der Waals surface area contributed by atoms with Crippen LogP contribution in [0.2, 0.25) is 5.02 Å². The molecule has 0 spiro atoms. The van der Waals surface area contributed by atoms with Crippen LogP contribution in [0.4, 0.5) is 0 Å². The summed E-state index contributed by atoms with van der Waals surface area (Å²) in [5, 5.41) is 16.1. The Morgan fingerprint density at radius 3 is 1.94 bits per heavy atom. The molecule has 0 unspecified atom stereocenters. The lowest BCUT2D eigenvalue weighted by Crippen LogP contribution is -1.97. The van der Waals surface area contributed by atoms with Gasteiger partial charge in [-0.05, 0) is 42.8 Å². The van der Waals surface area contributed by atoms with Crippen molar-refractivity contribution >= 4 is 33.4 Å². The molecular weight excluding hydrogens is 456 g/mol. The maximum atomic E-state index is 11.6. The van der Waals surface area contributed by atoms with Crippen molar-refractivity contribution in [2.45, 2.75) is 11.8 Å². The van der Waals surface area contributed by atoms with Crippen LogP contribution in [-0.4, -0.2) is 46.8 Å². The Labute approximate surface area is 189 Å². The van der Waals surface area contributed by atoms with Gasteiger partial charge in [0.25, 0.3) is 0 Å². The molecule has 2 heterocycles. The second-order valence-corrected chi connectivity index (χ2v) is 9.00. The van der Waals surface area contributed by atoms with Crippen molar-refractivity contribution in [1.82, 2.24) is 9.97 Å². The van der Waals surface area contributed by atoms with E-state index in [0.717, 1.165) is 28.1 Å². The molecule has 10 heteroatoms. The van der Waals surface area contributed by atoms with E-state index >= 15 is 0 Å². The second-order valence-electron chi connectivity index (χ2n) is 6.54. The van der Waals surface area contributed by atoms with Gasteiger partial charge in [0.2, 0.25) is 0 Å². The summed E-state index contributed by atoms with van der Waals surface area (Å²) in [5.74, 6) is -2.51. The fraction of sp³-hybridized carbons (Fsp3) is 0.0909. The first-order valence-electron chi connectivity index (χ1n) is 9.00. The lowest BCUT2D eigenvalue weighted by molar-refractivity contribution is -0.134. The highest BCUT2D eigenvalue weighted by Gasteiger charge is 2.12. The molecule has 0 bridgehead atoms. The number of hydrogen-bond donors (Lipinski definition) is 2. The zero-order valence-electron chi connectivity index (χ0n) is 17.1. The first kappa shape index (κ1) is 24.7. The molecule has 3 rings (SSSR count). The van der Waals surface area contributed by atoms with Crippen LogP contribution in [0.15, 0.2) is 71.9 Å². The molecule has 0 aliphatic carbocycles. The van der Waals surface area contributed by atoms with E-state index in [1.54, 1.807) is 36.7 Å². The quantitative estimate of drug-likeness (QED) is 0.532. The topological polar surface area (TPSA) is 135 Å². The molecule has 0 aliphatic heterocycles. The van der Waals surface area contributed by atoms with Crippen LogP contribution in [0.3, 0.4) is 0 Å². The number of aromatic nitrogens is 2. The zero-order valence-corrected chi connectivity index (χ0v) is 18.6. The molecule has 0 radical (unpaired) electrons. The first-order chi connectivity index (χ1) is 15.0. The van der Waals surface area contributed by atoms with Crippen LogP contribution in [0.5, 0.6) is 0 Å². The average Bonchev–Trinajstić information content (AvgIpc) is 2.73. The fourth-order valence-electron chi connectivity index (χ4n) is 2.52. The van der Waals surface area contributed by atoms with Gasteiger partial charge in [-0.25, -0.2) is 18.0 Å². The van der Waals surface area contributed by atoms with Gasteiger partial charge in [0.15, 0.2) is 9.84 Å². The van der Waals surface area contributed by atoms with Gasteiger partial charge in [-0.1, -0.05) is 23.7 Å². The maximum Gasteiger partial charge on any atom is 0.328 e. The number of carboxylic acid groups (broad SMARTS) is 2. The van der Waals surface area contributed by atoms with Crippen molar-refractivity contribution in [2.24, 2.45) is 0 Å². The zero-order chi connectivity index (χ0) is 23.9. The summed E-state index contributed by atoms with van der Waals surface area (Å²) >= 11 is 6.11. The summed E-state index contributed by atoms with van der Waals surface area (Å²) in [6.45, 7) is 1.92. The van der Waals surface area contributed by atoms with Gasteiger partial charge in [0.1, 0.15) is 0 Å². The van der Waals surface area contributed by atoms with Crippen LogP contribution in [0.25, 0.3) is 22.4 Å². The lowest BCUT2D eigenvalue weighted by atomic mass is 10.0. The number of sulfone groups is 1. The van der Waals surface area contributed by atoms with E-state index in [-0.39, 0.29) is 4.90 Å². The predicted molar refractivity (Wildman–Crippen MR) is 120 cm³/mol. The Balaban J connectivity index is 0.000000390. The first-order valence-corrected chi connectivity index (χ1v) is 11.3. The third-order valence-corrected chi connectivity index (χ3v) is 5.34. The Bertz CT molecular complexity index is 1240. The Hall–Kier alpha value is -3.56. The molecule has 2 N–H and O–H groups in total. The Kier molecular flexibility index (Phi) is 8.22. The van der Waals surface area contributed by atoms with Gasteiger partial charge < -0.3 is 10.2 Å². The van der Waals surface area contributed by atoms with E-state index < -0.39 is 21.8 Å². The van der Waals surface area contributed by atoms with E-state index in [1.165, 1.54) is 6.26 Å². The second kappa shape index (κ2) is 10.7. The van der Waals surface area contributed by atoms with Gasteiger partial charge in [-0.2, -0.15) is 0 Å². The number of benzene rings is 1. The maximum absolute atomic E-state index is 11.6. The van der Waals surface area contributed by atoms with Gasteiger partial charge in [0, 0.05) is 47.6 Å². The van der Waals surface area contributed by atoms with Crippen LogP contribution < -0.4 is 0 Å². The minimum atomic E-state index is -3.23. The van der Waals surface area contributed by atoms with Crippen molar-refractivity contribution in [3.8, 4) is 22.4 Å². The number of halogens is 1. The Morgan fingerprint density at radius 2 is 1.47 bits per heavy atom. The summed E-state index contributed by atoms with van der Waals surface area (Å²) in [7, 11) is -3.23. The summed E-state index contributed by atoms with van der Waals surface area (Å²) < 4.78 is 23.2. The molecule has 32 heavy (non-hydrogen) atoms. The van der Waals surface area contributed by atoms with Gasteiger partial charge in [0.05, 0.1) is 15.6 Å². The fourth-order valence-corrected chi connectivity index (χ4v) is 3.31. The van der Waals surface area contributed by atoms with E-state index in [0.29, 0.717) is 17.2 Å². The molecule has 0 saturated carbocycles. The molecule has 3 aromatic rings. The van der Waals surface area contributed by atoms with Crippen molar-refractivity contribution in [3.05, 3.63) is 77.7 Å². The average molecular weight is 475 g/mol. The van der Waals surface area contributed by atoms with Crippen molar-refractivity contribution in [1.29, 1.82) is 0 Å².